The molecule has 2 heterocycles. The van der Waals surface area contributed by atoms with Crippen LogP contribution in [0.5, 0.6) is 0 Å². The van der Waals surface area contributed by atoms with Crippen molar-refractivity contribution in [2.45, 2.75) is 32.1 Å². The van der Waals surface area contributed by atoms with Gasteiger partial charge in [-0.05, 0) is 49.1 Å². The third-order valence-electron chi connectivity index (χ3n) is 5.18. The van der Waals surface area contributed by atoms with E-state index in [2.05, 4.69) is 56.8 Å². The highest BCUT2D eigenvalue weighted by atomic mass is 127. The van der Waals surface area contributed by atoms with Crippen LogP contribution in [0.15, 0.2) is 47.7 Å². The number of guanidine groups is 1. The highest BCUT2D eigenvalue weighted by molar-refractivity contribution is 14.0. The monoisotopic (exact) mass is 481 g/mol. The molecule has 27 heavy (non-hydrogen) atoms. The minimum atomic E-state index is 0. The first kappa shape index (κ1) is 21.7. The van der Waals surface area contributed by atoms with Crippen molar-refractivity contribution in [1.29, 1.82) is 0 Å². The molecule has 5 nitrogen and oxygen atoms in total. The fourth-order valence-corrected chi connectivity index (χ4v) is 3.72. The maximum atomic E-state index is 4.48. The number of hydrogen-bond donors (Lipinski definition) is 1. The summed E-state index contributed by atoms with van der Waals surface area (Å²) in [5.74, 6) is 1.84. The summed E-state index contributed by atoms with van der Waals surface area (Å²) >= 11 is 0. The summed E-state index contributed by atoms with van der Waals surface area (Å²) in [5, 5.41) is 7.75. The van der Waals surface area contributed by atoms with Gasteiger partial charge >= 0.3 is 0 Å². The third-order valence-corrected chi connectivity index (χ3v) is 5.18. The lowest BCUT2D eigenvalue weighted by Gasteiger charge is -2.34. The predicted octanol–water partition coefficient (Wildman–Crippen LogP) is 3.50. The number of halogens is 1. The summed E-state index contributed by atoms with van der Waals surface area (Å²) < 4.78 is 1.86. The number of aryl methyl sites for hydroxylation is 2. The third kappa shape index (κ3) is 6.83. The Morgan fingerprint density at radius 3 is 2.56 bits per heavy atom. The van der Waals surface area contributed by atoms with E-state index >= 15 is 0 Å². The topological polar surface area (TPSA) is 45.5 Å². The Kier molecular flexibility index (Phi) is 9.10. The Morgan fingerprint density at radius 2 is 1.93 bits per heavy atom. The minimum Gasteiger partial charge on any atom is -0.356 e. The molecule has 0 radical (unpaired) electrons. The molecule has 0 aliphatic carbocycles. The predicted molar refractivity (Wildman–Crippen MR) is 123 cm³/mol. The number of nitrogens with zero attached hydrogens (tertiary/aromatic N) is 4. The summed E-state index contributed by atoms with van der Waals surface area (Å²) in [6, 6.07) is 10.9. The molecular formula is C21H32IN5. The first-order valence-electron chi connectivity index (χ1n) is 9.71. The van der Waals surface area contributed by atoms with E-state index in [4.69, 9.17) is 0 Å². The van der Waals surface area contributed by atoms with Crippen molar-refractivity contribution in [1.82, 2.24) is 20.0 Å². The van der Waals surface area contributed by atoms with Crippen LogP contribution in [0.2, 0.25) is 0 Å². The van der Waals surface area contributed by atoms with Crippen LogP contribution in [0.3, 0.4) is 0 Å². The smallest absolute Gasteiger partial charge is 0.193 e. The van der Waals surface area contributed by atoms with E-state index in [0.29, 0.717) is 0 Å². The Morgan fingerprint density at radius 1 is 1.19 bits per heavy atom. The SMILES string of the molecule is CN=C(NCCCc1cnn(C)c1)N1CCC(Cc2ccccc2)CC1.I. The lowest BCUT2D eigenvalue weighted by molar-refractivity contribution is 0.259. The van der Waals surface area contributed by atoms with Gasteiger partial charge in [0.25, 0.3) is 0 Å². The molecule has 1 fully saturated rings. The van der Waals surface area contributed by atoms with Crippen LogP contribution < -0.4 is 5.32 Å². The van der Waals surface area contributed by atoms with Crippen LogP contribution in [-0.4, -0.2) is 47.3 Å². The molecule has 3 rings (SSSR count). The maximum absolute atomic E-state index is 4.48. The average molecular weight is 481 g/mol. The zero-order valence-corrected chi connectivity index (χ0v) is 18.8. The van der Waals surface area contributed by atoms with Gasteiger partial charge in [0.05, 0.1) is 6.20 Å². The van der Waals surface area contributed by atoms with E-state index in [9.17, 15) is 0 Å². The number of nitrogens with one attached hydrogen (secondary N) is 1. The number of hydrogen-bond acceptors (Lipinski definition) is 2. The van der Waals surface area contributed by atoms with E-state index in [1.54, 1.807) is 0 Å². The summed E-state index contributed by atoms with van der Waals surface area (Å²) in [7, 11) is 3.85. The summed E-state index contributed by atoms with van der Waals surface area (Å²) in [5.41, 5.74) is 2.76. The van der Waals surface area contributed by atoms with Crippen molar-refractivity contribution in [3.63, 3.8) is 0 Å². The van der Waals surface area contributed by atoms with Crippen molar-refractivity contribution in [2.24, 2.45) is 18.0 Å². The molecule has 0 spiro atoms. The summed E-state index contributed by atoms with van der Waals surface area (Å²) in [4.78, 5) is 6.89. The zero-order chi connectivity index (χ0) is 18.2. The fourth-order valence-electron chi connectivity index (χ4n) is 3.72. The van der Waals surface area contributed by atoms with Crippen LogP contribution in [0.1, 0.15) is 30.4 Å². The van der Waals surface area contributed by atoms with Crippen molar-refractivity contribution in [3.8, 4) is 0 Å². The van der Waals surface area contributed by atoms with Crippen molar-refractivity contribution in [3.05, 3.63) is 53.9 Å². The highest BCUT2D eigenvalue weighted by Crippen LogP contribution is 2.21. The normalized spacial score (nSPS) is 15.5. The largest absolute Gasteiger partial charge is 0.356 e. The van der Waals surface area contributed by atoms with Gasteiger partial charge in [0.2, 0.25) is 0 Å². The first-order chi connectivity index (χ1) is 12.7. The number of rotatable bonds is 6. The Hall–Kier alpha value is -1.57. The van der Waals surface area contributed by atoms with Crippen LogP contribution in [0, 0.1) is 5.92 Å². The molecule has 0 unspecified atom stereocenters. The number of likely N-dealkylation sites (tertiary alicyclic amines) is 1. The Balaban J connectivity index is 0.00000261. The lowest BCUT2D eigenvalue weighted by Crippen LogP contribution is -2.46. The van der Waals surface area contributed by atoms with E-state index in [0.717, 1.165) is 44.4 Å². The number of aromatic nitrogens is 2. The van der Waals surface area contributed by atoms with E-state index in [1.165, 1.54) is 30.4 Å². The number of piperidine rings is 1. The molecule has 0 bridgehead atoms. The van der Waals surface area contributed by atoms with Crippen LogP contribution in [-0.2, 0) is 19.9 Å². The van der Waals surface area contributed by atoms with Gasteiger partial charge in [0.15, 0.2) is 5.96 Å². The van der Waals surface area contributed by atoms with Crippen LogP contribution in [0.4, 0.5) is 0 Å². The van der Waals surface area contributed by atoms with Crippen molar-refractivity contribution < 1.29 is 0 Å². The van der Waals surface area contributed by atoms with Crippen molar-refractivity contribution in [2.75, 3.05) is 26.7 Å². The standard InChI is InChI=1S/C21H31N5.HI/c1-22-21(23-12-6-9-20-16-24-25(2)17-20)26-13-10-19(11-14-26)15-18-7-4-3-5-8-18;/h3-5,7-8,16-17,19H,6,9-15H2,1-2H3,(H,22,23);1H. The van der Waals surface area contributed by atoms with E-state index in [1.807, 2.05) is 25.0 Å². The van der Waals surface area contributed by atoms with E-state index in [-0.39, 0.29) is 24.0 Å². The molecule has 0 atom stereocenters. The second kappa shape index (κ2) is 11.3. The molecule has 0 saturated carbocycles. The fraction of sp³-hybridized carbons (Fsp3) is 0.524. The van der Waals surface area contributed by atoms with Gasteiger partial charge in [-0.25, -0.2) is 0 Å². The average Bonchev–Trinajstić information content (AvgIpc) is 3.09. The molecular weight excluding hydrogens is 449 g/mol. The number of aliphatic imine (C=N–C) groups is 1. The molecule has 1 aromatic carbocycles. The quantitative estimate of drug-likeness (QED) is 0.298. The Bertz CT molecular complexity index is 690. The molecule has 1 saturated heterocycles. The lowest BCUT2D eigenvalue weighted by atomic mass is 9.90. The second-order valence-corrected chi connectivity index (χ2v) is 7.22. The zero-order valence-electron chi connectivity index (χ0n) is 16.5. The molecule has 1 aliphatic rings. The summed E-state index contributed by atoms with van der Waals surface area (Å²) in [6.07, 6.45) is 9.87. The van der Waals surface area contributed by atoms with E-state index < -0.39 is 0 Å². The second-order valence-electron chi connectivity index (χ2n) is 7.22. The molecule has 148 valence electrons. The summed E-state index contributed by atoms with van der Waals surface area (Å²) in [6.45, 7) is 3.14. The first-order valence-corrected chi connectivity index (χ1v) is 9.71. The van der Waals surface area contributed by atoms with Gasteiger partial charge in [-0.2, -0.15) is 5.10 Å². The van der Waals surface area contributed by atoms with Gasteiger partial charge in [0.1, 0.15) is 0 Å². The minimum absolute atomic E-state index is 0. The number of benzene rings is 1. The molecule has 1 N–H and O–H groups in total. The van der Waals surface area contributed by atoms with Gasteiger partial charge in [-0.1, -0.05) is 30.3 Å². The highest BCUT2D eigenvalue weighted by Gasteiger charge is 2.21. The van der Waals surface area contributed by atoms with Crippen LogP contribution >= 0.6 is 24.0 Å². The molecule has 1 aliphatic heterocycles. The Labute approximate surface area is 180 Å². The van der Waals surface area contributed by atoms with Gasteiger partial charge in [-0.15, -0.1) is 24.0 Å². The van der Waals surface area contributed by atoms with Gasteiger partial charge in [0, 0.05) is 39.9 Å². The maximum Gasteiger partial charge on any atom is 0.193 e. The van der Waals surface area contributed by atoms with Gasteiger partial charge in [-0.3, -0.25) is 9.67 Å². The molecule has 6 heteroatoms. The molecule has 1 aromatic heterocycles. The molecule has 0 amide bonds. The van der Waals surface area contributed by atoms with Gasteiger partial charge < -0.3 is 10.2 Å². The van der Waals surface area contributed by atoms with Crippen LogP contribution in [0.25, 0.3) is 0 Å². The molecule has 2 aromatic rings. The van der Waals surface area contributed by atoms with Crippen molar-refractivity contribution >= 4 is 29.9 Å².